The molecule has 2 aromatic rings. The zero-order chi connectivity index (χ0) is 10.8. The molecule has 0 spiro atoms. The number of phenolic OH excluding ortho intramolecular Hbond substituents is 1. The van der Waals surface area contributed by atoms with E-state index < -0.39 is 0 Å². The first-order valence-electron chi connectivity index (χ1n) is 4.32. The van der Waals surface area contributed by atoms with Gasteiger partial charge in [-0.3, -0.25) is 0 Å². The van der Waals surface area contributed by atoms with E-state index in [2.05, 4.69) is 0 Å². The summed E-state index contributed by atoms with van der Waals surface area (Å²) in [5, 5.41) is 12.2. The highest BCUT2D eigenvalue weighted by molar-refractivity contribution is 7.14. The van der Waals surface area contributed by atoms with E-state index in [-0.39, 0.29) is 5.75 Å². The molecule has 0 atom stereocenters. The fourth-order valence-electron chi connectivity index (χ4n) is 1.31. The van der Waals surface area contributed by atoms with Gasteiger partial charge in [-0.1, -0.05) is 11.6 Å². The summed E-state index contributed by atoms with van der Waals surface area (Å²) in [6, 6.07) is 6.89. The van der Waals surface area contributed by atoms with Crippen LogP contribution in [0.5, 0.6) is 11.5 Å². The molecular formula is C11H9ClO2S. The zero-order valence-electron chi connectivity index (χ0n) is 8.03. The van der Waals surface area contributed by atoms with Crippen molar-refractivity contribution in [3.8, 4) is 21.9 Å². The minimum absolute atomic E-state index is 0.208. The Hall–Kier alpha value is -1.19. The maximum Gasteiger partial charge on any atom is 0.124 e. The molecule has 0 amide bonds. The molecule has 15 heavy (non-hydrogen) atoms. The van der Waals surface area contributed by atoms with Gasteiger partial charge in [-0.2, -0.15) is 0 Å². The molecular weight excluding hydrogens is 232 g/mol. The van der Waals surface area contributed by atoms with Gasteiger partial charge >= 0.3 is 0 Å². The number of methoxy groups -OCH3 is 1. The first-order valence-corrected chi connectivity index (χ1v) is 5.58. The maximum absolute atomic E-state index is 9.72. The molecule has 0 aliphatic heterocycles. The van der Waals surface area contributed by atoms with Crippen molar-refractivity contribution >= 4 is 22.9 Å². The Kier molecular flexibility index (Phi) is 2.84. The summed E-state index contributed by atoms with van der Waals surface area (Å²) in [6.45, 7) is 0. The summed E-state index contributed by atoms with van der Waals surface area (Å²) in [4.78, 5) is 0.855. The first-order chi connectivity index (χ1) is 7.22. The summed E-state index contributed by atoms with van der Waals surface area (Å²) in [7, 11) is 1.59. The molecule has 0 aliphatic carbocycles. The molecule has 1 aromatic heterocycles. The Labute approximate surface area is 96.7 Å². The molecule has 0 radical (unpaired) electrons. The van der Waals surface area contributed by atoms with Crippen LogP contribution in [0, 0.1) is 0 Å². The molecule has 1 heterocycles. The van der Waals surface area contributed by atoms with E-state index in [1.54, 1.807) is 31.4 Å². The molecule has 0 saturated carbocycles. The molecule has 0 aliphatic rings. The highest BCUT2D eigenvalue weighted by atomic mass is 35.5. The number of hydrogen-bond acceptors (Lipinski definition) is 3. The molecule has 2 nitrogen and oxygen atoms in total. The Morgan fingerprint density at radius 3 is 2.73 bits per heavy atom. The van der Waals surface area contributed by atoms with E-state index in [0.717, 1.165) is 4.88 Å². The minimum atomic E-state index is 0.208. The smallest absolute Gasteiger partial charge is 0.124 e. The van der Waals surface area contributed by atoms with E-state index in [9.17, 15) is 5.11 Å². The molecule has 2 rings (SSSR count). The van der Waals surface area contributed by atoms with Crippen molar-refractivity contribution in [1.29, 1.82) is 0 Å². The van der Waals surface area contributed by atoms with Gasteiger partial charge in [0.2, 0.25) is 0 Å². The molecule has 0 bridgehead atoms. The lowest BCUT2D eigenvalue weighted by molar-refractivity contribution is 0.412. The highest BCUT2D eigenvalue weighted by Crippen LogP contribution is 2.39. The molecule has 0 unspecified atom stereocenters. The van der Waals surface area contributed by atoms with Crippen LogP contribution in [0.3, 0.4) is 0 Å². The van der Waals surface area contributed by atoms with Gasteiger partial charge in [0.15, 0.2) is 0 Å². The summed E-state index contributed by atoms with van der Waals surface area (Å²) in [5.41, 5.74) is 0.703. The average Bonchev–Trinajstić information content (AvgIpc) is 2.65. The number of rotatable bonds is 2. The van der Waals surface area contributed by atoms with E-state index in [1.165, 1.54) is 11.3 Å². The van der Waals surface area contributed by atoms with E-state index in [4.69, 9.17) is 16.3 Å². The van der Waals surface area contributed by atoms with E-state index in [0.29, 0.717) is 16.3 Å². The second-order valence-electron chi connectivity index (χ2n) is 2.98. The van der Waals surface area contributed by atoms with Crippen molar-refractivity contribution in [2.45, 2.75) is 0 Å². The molecule has 4 heteroatoms. The summed E-state index contributed by atoms with van der Waals surface area (Å²) >= 11 is 7.49. The van der Waals surface area contributed by atoms with Gasteiger partial charge in [0, 0.05) is 5.56 Å². The normalized spacial score (nSPS) is 10.3. The van der Waals surface area contributed by atoms with Crippen molar-refractivity contribution in [2.24, 2.45) is 0 Å². The average molecular weight is 241 g/mol. The van der Waals surface area contributed by atoms with Gasteiger partial charge in [0.1, 0.15) is 11.5 Å². The lowest BCUT2D eigenvalue weighted by atomic mass is 10.1. The quantitative estimate of drug-likeness (QED) is 0.866. The third-order valence-corrected chi connectivity index (χ3v) is 3.44. The molecule has 1 aromatic carbocycles. The second-order valence-corrected chi connectivity index (χ2v) is 4.30. The van der Waals surface area contributed by atoms with E-state index in [1.807, 2.05) is 5.38 Å². The van der Waals surface area contributed by atoms with Crippen molar-refractivity contribution < 1.29 is 9.84 Å². The third kappa shape index (κ3) is 1.94. The van der Waals surface area contributed by atoms with Crippen molar-refractivity contribution in [2.75, 3.05) is 7.11 Å². The minimum Gasteiger partial charge on any atom is -0.507 e. The van der Waals surface area contributed by atoms with Crippen LogP contribution >= 0.6 is 22.9 Å². The summed E-state index contributed by atoms with van der Waals surface area (Å²) in [5.74, 6) is 0.910. The number of hydrogen-bond donors (Lipinski definition) is 1. The van der Waals surface area contributed by atoms with Crippen LogP contribution in [0.25, 0.3) is 10.4 Å². The molecule has 0 fully saturated rings. The van der Waals surface area contributed by atoms with Crippen LogP contribution in [0.15, 0.2) is 29.6 Å². The fraction of sp³-hybridized carbons (Fsp3) is 0.0909. The fourth-order valence-corrected chi connectivity index (χ4v) is 2.49. The van der Waals surface area contributed by atoms with Gasteiger partial charge < -0.3 is 9.84 Å². The topological polar surface area (TPSA) is 29.5 Å². The lowest BCUT2D eigenvalue weighted by Gasteiger charge is -2.05. The number of thiophene rings is 1. The van der Waals surface area contributed by atoms with Gasteiger partial charge in [-0.15, -0.1) is 11.3 Å². The number of phenols is 1. The summed E-state index contributed by atoms with van der Waals surface area (Å²) in [6.07, 6.45) is 0. The van der Waals surface area contributed by atoms with Crippen molar-refractivity contribution in [3.63, 3.8) is 0 Å². The Morgan fingerprint density at radius 2 is 2.13 bits per heavy atom. The van der Waals surface area contributed by atoms with Gasteiger partial charge in [-0.05, 0) is 29.6 Å². The third-order valence-electron chi connectivity index (χ3n) is 2.07. The van der Waals surface area contributed by atoms with Crippen LogP contribution in [-0.2, 0) is 0 Å². The lowest BCUT2D eigenvalue weighted by Crippen LogP contribution is -1.83. The number of ether oxygens (including phenoxy) is 1. The SMILES string of the molecule is COc1ccc(O)c(-c2sccc2Cl)c1. The zero-order valence-corrected chi connectivity index (χ0v) is 9.60. The largest absolute Gasteiger partial charge is 0.507 e. The molecule has 78 valence electrons. The number of benzene rings is 1. The van der Waals surface area contributed by atoms with Crippen molar-refractivity contribution in [3.05, 3.63) is 34.7 Å². The highest BCUT2D eigenvalue weighted by Gasteiger charge is 2.10. The second kappa shape index (κ2) is 4.13. The van der Waals surface area contributed by atoms with Gasteiger partial charge in [0.05, 0.1) is 17.0 Å². The maximum atomic E-state index is 9.72. The summed E-state index contributed by atoms with van der Waals surface area (Å²) < 4.78 is 5.10. The van der Waals surface area contributed by atoms with Crippen LogP contribution in [0.1, 0.15) is 0 Å². The van der Waals surface area contributed by atoms with Crippen molar-refractivity contribution in [1.82, 2.24) is 0 Å². The van der Waals surface area contributed by atoms with Crippen LogP contribution in [0.4, 0.5) is 0 Å². The number of aromatic hydroxyl groups is 1. The number of halogens is 1. The van der Waals surface area contributed by atoms with Gasteiger partial charge in [0.25, 0.3) is 0 Å². The predicted molar refractivity (Wildman–Crippen MR) is 63.0 cm³/mol. The van der Waals surface area contributed by atoms with Gasteiger partial charge in [-0.25, -0.2) is 0 Å². The standard InChI is InChI=1S/C11H9ClO2S/c1-14-7-2-3-10(13)8(6-7)11-9(12)4-5-15-11/h2-6,13H,1H3. The van der Waals surface area contributed by atoms with Crippen LogP contribution < -0.4 is 4.74 Å². The Bertz CT molecular complexity index is 479. The first kappa shape index (κ1) is 10.3. The predicted octanol–water partition coefficient (Wildman–Crippen LogP) is 3.78. The van der Waals surface area contributed by atoms with Crippen LogP contribution in [-0.4, -0.2) is 12.2 Å². The molecule has 1 N–H and O–H groups in total. The van der Waals surface area contributed by atoms with Crippen LogP contribution in [0.2, 0.25) is 5.02 Å². The van der Waals surface area contributed by atoms with E-state index >= 15 is 0 Å². The monoisotopic (exact) mass is 240 g/mol. The Balaban J connectivity index is 2.56. The Morgan fingerprint density at radius 1 is 1.33 bits per heavy atom. The molecule has 0 saturated heterocycles.